The number of nitrogens with one attached hydrogen (secondary N) is 1. The lowest BCUT2D eigenvalue weighted by atomic mass is 10.1. The van der Waals surface area contributed by atoms with Gasteiger partial charge in [0.1, 0.15) is 12.4 Å². The van der Waals surface area contributed by atoms with E-state index in [2.05, 4.69) is 34.6 Å². The van der Waals surface area contributed by atoms with Gasteiger partial charge in [-0.05, 0) is 42.3 Å². The Labute approximate surface area is 184 Å². The summed E-state index contributed by atoms with van der Waals surface area (Å²) in [6, 6.07) is 25.6. The number of anilines is 1. The van der Waals surface area contributed by atoms with Gasteiger partial charge in [0.25, 0.3) is 0 Å². The van der Waals surface area contributed by atoms with Crippen LogP contribution < -0.4 is 10.2 Å². The molecule has 0 spiro atoms. The van der Waals surface area contributed by atoms with Crippen molar-refractivity contribution in [1.82, 2.24) is 4.98 Å². The molecule has 0 unspecified atom stereocenters. The van der Waals surface area contributed by atoms with Crippen LogP contribution in [0.1, 0.15) is 16.0 Å². The molecule has 0 amide bonds. The van der Waals surface area contributed by atoms with Crippen molar-refractivity contribution in [2.24, 2.45) is 5.10 Å². The number of hydrogen-bond acceptors (Lipinski definition) is 5. The first-order valence-corrected chi connectivity index (χ1v) is 10.7. The number of thiazole rings is 1. The topological polar surface area (TPSA) is 46.5 Å². The Hall–Kier alpha value is -3.15. The number of aromatic nitrogens is 1. The minimum Gasteiger partial charge on any atom is -0.489 e. The van der Waals surface area contributed by atoms with Crippen molar-refractivity contribution in [1.29, 1.82) is 0 Å². The first-order chi connectivity index (χ1) is 14.7. The molecule has 1 N–H and O–H groups in total. The van der Waals surface area contributed by atoms with E-state index in [0.29, 0.717) is 6.61 Å². The summed E-state index contributed by atoms with van der Waals surface area (Å²) in [4.78, 5) is 5.81. The number of halogens is 1. The smallest absolute Gasteiger partial charge is 0.204 e. The molecule has 0 saturated heterocycles. The van der Waals surface area contributed by atoms with Crippen LogP contribution in [0.3, 0.4) is 0 Å². The van der Waals surface area contributed by atoms with Crippen molar-refractivity contribution < 1.29 is 4.74 Å². The third kappa shape index (κ3) is 5.26. The summed E-state index contributed by atoms with van der Waals surface area (Å²) in [5, 5.41) is 5.81. The lowest BCUT2D eigenvalue weighted by Crippen LogP contribution is -1.96. The second-order valence-electron chi connectivity index (χ2n) is 6.65. The average molecular weight is 434 g/mol. The summed E-state index contributed by atoms with van der Waals surface area (Å²) >= 11 is 7.50. The largest absolute Gasteiger partial charge is 0.489 e. The van der Waals surface area contributed by atoms with E-state index in [0.717, 1.165) is 43.2 Å². The fourth-order valence-electron chi connectivity index (χ4n) is 2.90. The molecule has 0 fully saturated rings. The Bertz CT molecular complexity index is 1140. The molecule has 150 valence electrons. The minimum absolute atomic E-state index is 0.483. The average Bonchev–Trinajstić information content (AvgIpc) is 3.15. The van der Waals surface area contributed by atoms with Gasteiger partial charge in [0.2, 0.25) is 5.13 Å². The highest BCUT2D eigenvalue weighted by atomic mass is 35.5. The Morgan fingerprint density at radius 2 is 1.83 bits per heavy atom. The van der Waals surface area contributed by atoms with Crippen molar-refractivity contribution in [3.8, 4) is 17.0 Å². The Morgan fingerprint density at radius 3 is 2.63 bits per heavy atom. The van der Waals surface area contributed by atoms with Gasteiger partial charge >= 0.3 is 0 Å². The molecule has 30 heavy (non-hydrogen) atoms. The molecule has 0 atom stereocenters. The number of aryl methyl sites for hydroxylation is 1. The van der Waals surface area contributed by atoms with Gasteiger partial charge in [0, 0.05) is 15.5 Å². The third-order valence-corrected chi connectivity index (χ3v) is 5.52. The molecule has 0 aliphatic carbocycles. The van der Waals surface area contributed by atoms with Gasteiger partial charge in [-0.3, -0.25) is 5.43 Å². The van der Waals surface area contributed by atoms with Crippen molar-refractivity contribution in [2.75, 3.05) is 5.43 Å². The molecule has 0 aliphatic rings. The quantitative estimate of drug-likeness (QED) is 0.257. The molecule has 6 heteroatoms. The van der Waals surface area contributed by atoms with Crippen LogP contribution in [0.4, 0.5) is 5.13 Å². The molecule has 0 bridgehead atoms. The van der Waals surface area contributed by atoms with Crippen LogP contribution in [-0.2, 0) is 6.61 Å². The summed E-state index contributed by atoms with van der Waals surface area (Å²) in [5.41, 5.74) is 7.12. The van der Waals surface area contributed by atoms with Crippen LogP contribution in [0.15, 0.2) is 84.0 Å². The third-order valence-electron chi connectivity index (χ3n) is 4.39. The van der Waals surface area contributed by atoms with Crippen LogP contribution in [0.5, 0.6) is 5.75 Å². The van der Waals surface area contributed by atoms with Gasteiger partial charge in [0.05, 0.1) is 11.9 Å². The summed E-state index contributed by atoms with van der Waals surface area (Å²) < 4.78 is 5.87. The van der Waals surface area contributed by atoms with Gasteiger partial charge in [-0.2, -0.15) is 5.10 Å². The Kier molecular flexibility index (Phi) is 6.42. The second kappa shape index (κ2) is 9.57. The molecule has 3 aromatic carbocycles. The normalized spacial score (nSPS) is 11.0. The van der Waals surface area contributed by atoms with E-state index in [4.69, 9.17) is 16.3 Å². The van der Waals surface area contributed by atoms with Crippen LogP contribution in [-0.4, -0.2) is 11.2 Å². The van der Waals surface area contributed by atoms with E-state index in [9.17, 15) is 0 Å². The van der Waals surface area contributed by atoms with Gasteiger partial charge < -0.3 is 4.74 Å². The zero-order chi connectivity index (χ0) is 20.8. The van der Waals surface area contributed by atoms with E-state index in [1.807, 2.05) is 66.7 Å². The lowest BCUT2D eigenvalue weighted by molar-refractivity contribution is 0.306. The molecule has 0 radical (unpaired) electrons. The highest BCUT2D eigenvalue weighted by Crippen LogP contribution is 2.30. The van der Waals surface area contributed by atoms with Gasteiger partial charge in [-0.25, -0.2) is 4.98 Å². The maximum atomic E-state index is 5.92. The monoisotopic (exact) mass is 433 g/mol. The van der Waals surface area contributed by atoms with Crippen molar-refractivity contribution in [2.45, 2.75) is 13.5 Å². The van der Waals surface area contributed by atoms with Gasteiger partial charge in [0.15, 0.2) is 0 Å². The standard InChI is InChI=1S/C24H20ClN3OS/c1-17-23(20-7-3-2-4-8-20)27-24(30-17)28-26-15-19-6-5-9-22(14-19)29-16-18-10-12-21(25)13-11-18/h2-15H,16H2,1H3,(H,27,28)/b26-15-. The predicted molar refractivity (Wildman–Crippen MR) is 126 cm³/mol. The van der Waals surface area contributed by atoms with Crippen molar-refractivity contribution >= 4 is 34.3 Å². The maximum absolute atomic E-state index is 5.92. The van der Waals surface area contributed by atoms with Crippen LogP contribution >= 0.6 is 22.9 Å². The molecule has 1 heterocycles. The minimum atomic E-state index is 0.483. The number of hydrogen-bond donors (Lipinski definition) is 1. The van der Waals surface area contributed by atoms with Gasteiger partial charge in [-0.15, -0.1) is 11.3 Å². The first-order valence-electron chi connectivity index (χ1n) is 9.46. The van der Waals surface area contributed by atoms with E-state index in [1.165, 1.54) is 0 Å². The molecule has 4 nitrogen and oxygen atoms in total. The molecular weight excluding hydrogens is 414 g/mol. The highest BCUT2D eigenvalue weighted by Gasteiger charge is 2.08. The molecule has 0 aliphatic heterocycles. The van der Waals surface area contributed by atoms with E-state index in [-0.39, 0.29) is 0 Å². The molecule has 4 aromatic rings. The summed E-state index contributed by atoms with van der Waals surface area (Å²) in [6.45, 7) is 2.55. The lowest BCUT2D eigenvalue weighted by Gasteiger charge is -2.07. The highest BCUT2D eigenvalue weighted by molar-refractivity contribution is 7.15. The summed E-state index contributed by atoms with van der Waals surface area (Å²) in [6.07, 6.45) is 1.76. The maximum Gasteiger partial charge on any atom is 0.204 e. The number of benzene rings is 3. The number of nitrogens with zero attached hydrogens (tertiary/aromatic N) is 2. The second-order valence-corrected chi connectivity index (χ2v) is 8.29. The van der Waals surface area contributed by atoms with E-state index >= 15 is 0 Å². The fourth-order valence-corrected chi connectivity index (χ4v) is 3.81. The SMILES string of the molecule is Cc1sc(N/N=C\c2cccc(OCc3ccc(Cl)cc3)c2)nc1-c1ccccc1. The van der Waals surface area contributed by atoms with Gasteiger partial charge in [-0.1, -0.05) is 66.2 Å². The summed E-state index contributed by atoms with van der Waals surface area (Å²) in [7, 11) is 0. The van der Waals surface area contributed by atoms with Crippen LogP contribution in [0.25, 0.3) is 11.3 Å². The zero-order valence-electron chi connectivity index (χ0n) is 16.4. The number of ether oxygens (including phenoxy) is 1. The molecular formula is C24H20ClN3OS. The molecule has 0 saturated carbocycles. The van der Waals surface area contributed by atoms with Crippen molar-refractivity contribution in [3.05, 3.63) is 99.9 Å². The number of rotatable bonds is 7. The molecule has 1 aromatic heterocycles. The van der Waals surface area contributed by atoms with E-state index < -0.39 is 0 Å². The summed E-state index contributed by atoms with van der Waals surface area (Å²) in [5.74, 6) is 0.783. The van der Waals surface area contributed by atoms with Crippen LogP contribution in [0.2, 0.25) is 5.02 Å². The van der Waals surface area contributed by atoms with Crippen molar-refractivity contribution in [3.63, 3.8) is 0 Å². The van der Waals surface area contributed by atoms with E-state index in [1.54, 1.807) is 17.6 Å². The first kappa shape index (κ1) is 20.1. The zero-order valence-corrected chi connectivity index (χ0v) is 18.0. The molecule has 4 rings (SSSR count). The Balaban J connectivity index is 1.38. The fraction of sp³-hybridized carbons (Fsp3) is 0.0833. The predicted octanol–water partition coefficient (Wildman–Crippen LogP) is 6.80. The van der Waals surface area contributed by atoms with Crippen LogP contribution in [0, 0.1) is 6.92 Å². The Morgan fingerprint density at radius 1 is 1.03 bits per heavy atom. The number of hydrazone groups is 1.